The molecule has 2 aromatic carbocycles. The maximum Gasteiger partial charge on any atom is 0.306 e. The summed E-state index contributed by atoms with van der Waals surface area (Å²) < 4.78 is 34.4. The first-order chi connectivity index (χ1) is 16.2. The van der Waals surface area contributed by atoms with Crippen molar-refractivity contribution in [1.29, 1.82) is 0 Å². The summed E-state index contributed by atoms with van der Waals surface area (Å²) in [5.41, 5.74) is 0.952. The predicted octanol–water partition coefficient (Wildman–Crippen LogP) is 4.11. The van der Waals surface area contributed by atoms with E-state index in [0.29, 0.717) is 36.3 Å². The van der Waals surface area contributed by atoms with Gasteiger partial charge in [-0.3, -0.25) is 14.4 Å². The van der Waals surface area contributed by atoms with E-state index in [0.717, 1.165) is 17.7 Å². The largest absolute Gasteiger partial charge is 0.484 e. The van der Waals surface area contributed by atoms with E-state index in [1.165, 1.54) is 0 Å². The van der Waals surface area contributed by atoms with Crippen LogP contribution in [0.1, 0.15) is 52.0 Å². The van der Waals surface area contributed by atoms with Crippen molar-refractivity contribution in [2.24, 2.45) is 5.92 Å². The summed E-state index contributed by atoms with van der Waals surface area (Å²) in [6, 6.07) is 6.60. The van der Waals surface area contributed by atoms with E-state index < -0.39 is 41.3 Å². The Balaban J connectivity index is 1.50. The summed E-state index contributed by atoms with van der Waals surface area (Å²) >= 11 is 5.94. The van der Waals surface area contributed by atoms with Crippen LogP contribution in [0.4, 0.5) is 8.78 Å². The molecule has 182 valence electrons. The van der Waals surface area contributed by atoms with Gasteiger partial charge in [0.2, 0.25) is 0 Å². The Bertz CT molecular complexity index is 1060. The summed E-state index contributed by atoms with van der Waals surface area (Å²) in [7, 11) is 0. The van der Waals surface area contributed by atoms with Gasteiger partial charge in [0.1, 0.15) is 0 Å². The molecule has 2 amide bonds. The van der Waals surface area contributed by atoms with Crippen LogP contribution in [0.5, 0.6) is 5.75 Å². The van der Waals surface area contributed by atoms with Crippen molar-refractivity contribution in [2.45, 2.75) is 38.7 Å². The Kier molecular flexibility index (Phi) is 8.44. The number of halogens is 3. The Hall–Kier alpha value is -3.20. The fraction of sp³-hybridized carbons (Fsp3) is 0.375. The summed E-state index contributed by atoms with van der Waals surface area (Å²) in [4.78, 5) is 35.5. The summed E-state index contributed by atoms with van der Waals surface area (Å²) in [6.07, 6.45) is 1.00. The number of hydrogen-bond donors (Lipinski definition) is 3. The molecule has 3 N–H and O–H groups in total. The topological polar surface area (TPSA) is 105 Å². The molecule has 0 aromatic heterocycles. The van der Waals surface area contributed by atoms with Crippen LogP contribution < -0.4 is 15.4 Å². The van der Waals surface area contributed by atoms with Crippen LogP contribution in [0, 0.1) is 24.5 Å². The summed E-state index contributed by atoms with van der Waals surface area (Å²) in [5.74, 6) is -5.02. The molecular formula is C24H25ClF2N2O5. The number of carbonyl (C=O) groups excluding carboxylic acids is 2. The number of carbonyl (C=O) groups is 3. The van der Waals surface area contributed by atoms with Gasteiger partial charge in [0.25, 0.3) is 11.8 Å². The molecule has 1 aliphatic rings. The standard InChI is InChI=1S/C24H25ClF2N2O5/c1-13-10-15(4-7-18(13)25)22(30)28-8-9-29-23(31)16-11-19(26)21(20(27)12-16)34-17-5-2-14(3-6-17)24(32)33/h4,7,10-12,14,17H,2-3,5-6,8-9H2,1H3,(H,28,30)(H,29,31)(H,32,33)/t14-,17+. The second-order valence-corrected chi connectivity index (χ2v) is 8.58. The molecule has 0 spiro atoms. The number of hydrogen-bond acceptors (Lipinski definition) is 4. The number of carboxylic acid groups (broad SMARTS) is 1. The lowest BCUT2D eigenvalue weighted by Gasteiger charge is -2.27. The first-order valence-electron chi connectivity index (χ1n) is 10.9. The smallest absolute Gasteiger partial charge is 0.306 e. The number of aryl methyl sites for hydroxylation is 1. The number of rotatable bonds is 8. The van der Waals surface area contributed by atoms with Crippen molar-refractivity contribution in [3.63, 3.8) is 0 Å². The molecule has 1 fully saturated rings. The monoisotopic (exact) mass is 494 g/mol. The van der Waals surface area contributed by atoms with E-state index in [9.17, 15) is 23.2 Å². The first-order valence-corrected chi connectivity index (χ1v) is 11.2. The average molecular weight is 495 g/mol. The third-order valence-electron chi connectivity index (χ3n) is 5.68. The van der Waals surface area contributed by atoms with Crippen LogP contribution in [0.25, 0.3) is 0 Å². The van der Waals surface area contributed by atoms with Gasteiger partial charge in [-0.1, -0.05) is 11.6 Å². The molecular weight excluding hydrogens is 470 g/mol. The minimum Gasteiger partial charge on any atom is -0.484 e. The third-order valence-corrected chi connectivity index (χ3v) is 6.11. The molecule has 0 heterocycles. The van der Waals surface area contributed by atoms with Crippen LogP contribution in [0.2, 0.25) is 5.02 Å². The van der Waals surface area contributed by atoms with Crippen LogP contribution in [-0.2, 0) is 4.79 Å². The van der Waals surface area contributed by atoms with Gasteiger partial charge < -0.3 is 20.5 Å². The van der Waals surface area contributed by atoms with Gasteiger partial charge in [-0.25, -0.2) is 8.78 Å². The van der Waals surface area contributed by atoms with Crippen molar-refractivity contribution < 1.29 is 33.0 Å². The van der Waals surface area contributed by atoms with Gasteiger partial charge in [-0.15, -0.1) is 0 Å². The lowest BCUT2D eigenvalue weighted by molar-refractivity contribution is -0.143. The van der Waals surface area contributed by atoms with Crippen LogP contribution in [-0.4, -0.2) is 42.1 Å². The number of aliphatic carboxylic acids is 1. The lowest BCUT2D eigenvalue weighted by atomic mass is 9.87. The zero-order chi connectivity index (χ0) is 24.8. The number of carboxylic acids is 1. The Labute approximate surface area is 200 Å². The summed E-state index contributed by atoms with van der Waals surface area (Å²) in [6.45, 7) is 1.93. The maximum atomic E-state index is 14.5. The van der Waals surface area contributed by atoms with Gasteiger partial charge in [0.15, 0.2) is 17.4 Å². The molecule has 34 heavy (non-hydrogen) atoms. The molecule has 1 aliphatic carbocycles. The fourth-order valence-electron chi connectivity index (χ4n) is 3.74. The average Bonchev–Trinajstić information content (AvgIpc) is 2.80. The third kappa shape index (κ3) is 6.44. The van der Waals surface area contributed by atoms with Gasteiger partial charge in [0, 0.05) is 29.2 Å². The summed E-state index contributed by atoms with van der Waals surface area (Å²) in [5, 5.41) is 14.7. The normalized spacial score (nSPS) is 17.6. The lowest BCUT2D eigenvalue weighted by Crippen LogP contribution is -2.34. The highest BCUT2D eigenvalue weighted by Crippen LogP contribution is 2.31. The molecule has 0 saturated heterocycles. The van der Waals surface area contributed by atoms with Gasteiger partial charge >= 0.3 is 5.97 Å². The highest BCUT2D eigenvalue weighted by atomic mass is 35.5. The van der Waals surface area contributed by atoms with Crippen molar-refractivity contribution >= 4 is 29.4 Å². The quantitative estimate of drug-likeness (QED) is 0.479. The zero-order valence-electron chi connectivity index (χ0n) is 18.5. The Morgan fingerprint density at radius 2 is 1.53 bits per heavy atom. The Morgan fingerprint density at radius 1 is 0.971 bits per heavy atom. The second kappa shape index (κ2) is 11.3. The molecule has 0 bridgehead atoms. The minimum absolute atomic E-state index is 0.0471. The Morgan fingerprint density at radius 3 is 2.06 bits per heavy atom. The van der Waals surface area contributed by atoms with E-state index in [-0.39, 0.29) is 24.6 Å². The molecule has 7 nitrogen and oxygen atoms in total. The number of amides is 2. The van der Waals surface area contributed by atoms with E-state index >= 15 is 0 Å². The number of ether oxygens (including phenoxy) is 1. The molecule has 0 atom stereocenters. The number of benzene rings is 2. The zero-order valence-corrected chi connectivity index (χ0v) is 19.3. The van der Waals surface area contributed by atoms with Crippen molar-refractivity contribution in [3.05, 3.63) is 63.7 Å². The molecule has 0 aliphatic heterocycles. The molecule has 0 radical (unpaired) electrons. The number of nitrogens with one attached hydrogen (secondary N) is 2. The fourth-order valence-corrected chi connectivity index (χ4v) is 3.86. The molecule has 1 saturated carbocycles. The first kappa shape index (κ1) is 25.4. The molecule has 3 rings (SSSR count). The van der Waals surface area contributed by atoms with E-state index in [4.69, 9.17) is 21.4 Å². The van der Waals surface area contributed by atoms with Crippen molar-refractivity contribution in [2.75, 3.05) is 13.1 Å². The van der Waals surface area contributed by atoms with E-state index in [1.807, 2.05) is 0 Å². The van der Waals surface area contributed by atoms with Crippen LogP contribution in [0.15, 0.2) is 30.3 Å². The molecule has 2 aromatic rings. The van der Waals surface area contributed by atoms with Crippen LogP contribution >= 0.6 is 11.6 Å². The predicted molar refractivity (Wildman–Crippen MR) is 121 cm³/mol. The van der Waals surface area contributed by atoms with Crippen LogP contribution in [0.3, 0.4) is 0 Å². The highest BCUT2D eigenvalue weighted by molar-refractivity contribution is 6.31. The van der Waals surface area contributed by atoms with Gasteiger partial charge in [0.05, 0.1) is 12.0 Å². The van der Waals surface area contributed by atoms with Gasteiger partial charge in [-0.2, -0.15) is 0 Å². The van der Waals surface area contributed by atoms with Crippen molar-refractivity contribution in [3.8, 4) is 5.75 Å². The van der Waals surface area contributed by atoms with E-state index in [1.54, 1.807) is 25.1 Å². The second-order valence-electron chi connectivity index (χ2n) is 8.17. The highest BCUT2D eigenvalue weighted by Gasteiger charge is 2.28. The van der Waals surface area contributed by atoms with E-state index in [2.05, 4.69) is 10.6 Å². The molecule has 0 unspecified atom stereocenters. The SMILES string of the molecule is Cc1cc(C(=O)NCCNC(=O)c2cc(F)c(O[C@H]3CC[C@@H](C(=O)O)CC3)c(F)c2)ccc1Cl. The van der Waals surface area contributed by atoms with Crippen molar-refractivity contribution in [1.82, 2.24) is 10.6 Å². The van der Waals surface area contributed by atoms with Gasteiger partial charge in [-0.05, 0) is 68.5 Å². The minimum atomic E-state index is -1.02. The maximum absolute atomic E-state index is 14.5. The molecule has 10 heteroatoms.